The summed E-state index contributed by atoms with van der Waals surface area (Å²) >= 11 is 0. The Balaban J connectivity index is 1.50. The molecule has 0 bridgehead atoms. The van der Waals surface area contributed by atoms with Crippen LogP contribution < -0.4 is 9.47 Å². The van der Waals surface area contributed by atoms with E-state index in [9.17, 15) is 18.0 Å². The summed E-state index contributed by atoms with van der Waals surface area (Å²) in [6, 6.07) is 6.62. The predicted molar refractivity (Wildman–Crippen MR) is 142 cm³/mol. The van der Waals surface area contributed by atoms with Gasteiger partial charge in [-0.25, -0.2) is 4.98 Å². The topological polar surface area (TPSA) is 87.3 Å². The highest BCUT2D eigenvalue weighted by atomic mass is 19.4. The monoisotopic (exact) mass is 566 g/mol. The van der Waals surface area contributed by atoms with Crippen LogP contribution in [0.2, 0.25) is 0 Å². The summed E-state index contributed by atoms with van der Waals surface area (Å²) in [5.74, 6) is 0.663. The van der Waals surface area contributed by atoms with Gasteiger partial charge < -0.3 is 18.9 Å². The average Bonchev–Trinajstić information content (AvgIpc) is 3.51. The molecule has 1 aliphatic carbocycles. The Morgan fingerprint density at radius 1 is 1.15 bits per heavy atom. The highest BCUT2D eigenvalue weighted by Gasteiger charge is 2.43. The third kappa shape index (κ3) is 5.25. The molecule has 0 radical (unpaired) electrons. The number of aryl methyl sites for hydroxylation is 1. The number of fused-ring (bicyclic) bond motifs is 1. The summed E-state index contributed by atoms with van der Waals surface area (Å²) in [6.45, 7) is 2.65. The van der Waals surface area contributed by atoms with E-state index in [4.69, 9.17) is 9.47 Å². The van der Waals surface area contributed by atoms with E-state index in [1.54, 1.807) is 66.6 Å². The Kier molecular flexibility index (Phi) is 6.92. The number of hydrogen-bond donors (Lipinski definition) is 0. The van der Waals surface area contributed by atoms with Gasteiger partial charge in [0, 0.05) is 55.1 Å². The number of amides is 1. The molecular formula is C29H29F3N6O3. The fourth-order valence-corrected chi connectivity index (χ4v) is 5.43. The summed E-state index contributed by atoms with van der Waals surface area (Å²) in [5, 5.41) is 3.81. The quantitative estimate of drug-likeness (QED) is 0.291. The van der Waals surface area contributed by atoms with Gasteiger partial charge in [-0.15, -0.1) is 0 Å². The maximum absolute atomic E-state index is 14.3. The van der Waals surface area contributed by atoms with Crippen molar-refractivity contribution in [3.8, 4) is 22.6 Å². The number of alkyl halides is 3. The molecule has 1 fully saturated rings. The molecule has 0 saturated heterocycles. The first-order valence-corrected chi connectivity index (χ1v) is 13.5. The molecule has 4 heterocycles. The third-order valence-electron chi connectivity index (χ3n) is 7.48. The molecule has 1 atom stereocenters. The number of imidazole rings is 1. The maximum Gasteiger partial charge on any atom is 0.435 e. The lowest BCUT2D eigenvalue weighted by Gasteiger charge is -2.30. The van der Waals surface area contributed by atoms with Crippen LogP contribution in [0.15, 0.2) is 55.4 Å². The van der Waals surface area contributed by atoms with E-state index in [0.717, 1.165) is 12.8 Å². The number of benzene rings is 1. The Bertz CT molecular complexity index is 1560. The van der Waals surface area contributed by atoms with Crippen molar-refractivity contribution in [3.63, 3.8) is 0 Å². The summed E-state index contributed by atoms with van der Waals surface area (Å²) in [5.41, 5.74) is 0.591. The SMILES string of the molecule is CCn1cc(-c2cc(Cn3ccnc3)cc3c2OCCN(C(c2cc(OC)ccn2)C2CC2)C3=O)c(C(F)(F)F)n1. The molecule has 2 aliphatic rings. The third-order valence-corrected chi connectivity index (χ3v) is 7.48. The van der Waals surface area contributed by atoms with Crippen molar-refractivity contribution in [2.45, 2.75) is 45.1 Å². The highest BCUT2D eigenvalue weighted by molar-refractivity contribution is 6.00. The number of hydrogen-bond acceptors (Lipinski definition) is 6. The molecule has 6 rings (SSSR count). The van der Waals surface area contributed by atoms with E-state index in [1.807, 2.05) is 6.07 Å². The van der Waals surface area contributed by atoms with Crippen LogP contribution in [0.5, 0.6) is 11.5 Å². The van der Waals surface area contributed by atoms with Crippen LogP contribution in [-0.2, 0) is 19.3 Å². The van der Waals surface area contributed by atoms with Crippen molar-refractivity contribution < 1.29 is 27.4 Å². The molecule has 3 aromatic heterocycles. The minimum atomic E-state index is -4.70. The van der Waals surface area contributed by atoms with Gasteiger partial charge in [0.25, 0.3) is 5.91 Å². The molecule has 1 aromatic carbocycles. The fraction of sp³-hybridized carbons (Fsp3) is 0.379. The van der Waals surface area contributed by atoms with Crippen molar-refractivity contribution in [2.75, 3.05) is 20.3 Å². The van der Waals surface area contributed by atoms with Gasteiger partial charge >= 0.3 is 6.18 Å². The van der Waals surface area contributed by atoms with Crippen molar-refractivity contribution in [1.82, 2.24) is 29.2 Å². The number of pyridine rings is 1. The largest absolute Gasteiger partial charge is 0.497 e. The number of carbonyl (C=O) groups is 1. The van der Waals surface area contributed by atoms with E-state index in [1.165, 1.54) is 10.9 Å². The zero-order valence-corrected chi connectivity index (χ0v) is 22.6. The lowest BCUT2D eigenvalue weighted by atomic mass is 9.96. The van der Waals surface area contributed by atoms with Crippen LogP contribution in [0, 0.1) is 5.92 Å². The molecule has 1 saturated carbocycles. The van der Waals surface area contributed by atoms with Gasteiger partial charge in [0.15, 0.2) is 5.69 Å². The number of methoxy groups -OCH3 is 1. The molecule has 1 amide bonds. The second-order valence-corrected chi connectivity index (χ2v) is 10.2. The average molecular weight is 567 g/mol. The lowest BCUT2D eigenvalue weighted by Crippen LogP contribution is -2.37. The van der Waals surface area contributed by atoms with Crippen molar-refractivity contribution in [1.29, 1.82) is 0 Å². The van der Waals surface area contributed by atoms with Crippen LogP contribution >= 0.6 is 0 Å². The molecule has 0 spiro atoms. The predicted octanol–water partition coefficient (Wildman–Crippen LogP) is 5.22. The van der Waals surface area contributed by atoms with E-state index >= 15 is 0 Å². The summed E-state index contributed by atoms with van der Waals surface area (Å²) < 4.78 is 57.1. The zero-order valence-electron chi connectivity index (χ0n) is 22.6. The standard InChI is InChI=1S/C29H29F3N6O3/c1-3-37-16-23(27(35-37)29(30,31)32)21-12-18(15-36-9-8-33-17-36)13-22-26(21)41-11-10-38(28(22)39)25(19-4-5-19)24-14-20(40-2)6-7-34-24/h6-9,12-14,16-17,19,25H,3-5,10-11,15H2,1-2H3. The number of carbonyl (C=O) groups excluding carboxylic acids is 1. The van der Waals surface area contributed by atoms with Crippen LogP contribution in [0.25, 0.3) is 11.1 Å². The van der Waals surface area contributed by atoms with Gasteiger partial charge in [0.05, 0.1) is 37.3 Å². The highest BCUT2D eigenvalue weighted by Crippen LogP contribution is 2.47. The fourth-order valence-electron chi connectivity index (χ4n) is 5.43. The molecule has 41 heavy (non-hydrogen) atoms. The van der Waals surface area contributed by atoms with Crippen LogP contribution in [-0.4, -0.2) is 55.4 Å². The molecule has 0 N–H and O–H groups in total. The Hall–Kier alpha value is -4.35. The normalized spacial score (nSPS) is 16.2. The second-order valence-electron chi connectivity index (χ2n) is 10.2. The van der Waals surface area contributed by atoms with Gasteiger partial charge in [-0.05, 0) is 49.4 Å². The number of nitrogens with zero attached hydrogens (tertiary/aromatic N) is 6. The molecule has 214 valence electrons. The minimum absolute atomic E-state index is 0.114. The van der Waals surface area contributed by atoms with Crippen molar-refractivity contribution >= 4 is 5.91 Å². The second kappa shape index (κ2) is 10.6. The van der Waals surface area contributed by atoms with E-state index in [-0.39, 0.29) is 60.0 Å². The smallest absolute Gasteiger partial charge is 0.435 e. The first-order valence-electron chi connectivity index (χ1n) is 13.5. The first kappa shape index (κ1) is 26.9. The summed E-state index contributed by atoms with van der Waals surface area (Å²) in [6.07, 6.45) is 5.20. The van der Waals surface area contributed by atoms with Crippen LogP contribution in [0.1, 0.15) is 53.1 Å². The summed E-state index contributed by atoms with van der Waals surface area (Å²) in [7, 11) is 1.58. The van der Waals surface area contributed by atoms with Gasteiger partial charge in [-0.2, -0.15) is 18.3 Å². The van der Waals surface area contributed by atoms with Crippen LogP contribution in [0.3, 0.4) is 0 Å². The molecule has 1 aliphatic heterocycles. The zero-order chi connectivity index (χ0) is 28.7. The maximum atomic E-state index is 14.3. The lowest BCUT2D eigenvalue weighted by molar-refractivity contribution is -0.141. The molecule has 4 aromatic rings. The Morgan fingerprint density at radius 3 is 2.63 bits per heavy atom. The van der Waals surface area contributed by atoms with Crippen LogP contribution in [0.4, 0.5) is 13.2 Å². The number of rotatable bonds is 8. The Morgan fingerprint density at radius 2 is 1.95 bits per heavy atom. The van der Waals surface area contributed by atoms with Gasteiger partial charge in [0.2, 0.25) is 0 Å². The number of halogens is 3. The molecular weight excluding hydrogens is 537 g/mol. The first-order chi connectivity index (χ1) is 19.8. The van der Waals surface area contributed by atoms with Crippen molar-refractivity contribution in [3.05, 3.63) is 77.9 Å². The van der Waals surface area contributed by atoms with Crippen molar-refractivity contribution in [2.24, 2.45) is 5.92 Å². The minimum Gasteiger partial charge on any atom is -0.497 e. The number of ether oxygens (including phenoxy) is 2. The van der Waals surface area contributed by atoms with Gasteiger partial charge in [0.1, 0.15) is 18.1 Å². The van der Waals surface area contributed by atoms with E-state index in [2.05, 4.69) is 15.1 Å². The Labute approximate surface area is 234 Å². The molecule has 1 unspecified atom stereocenters. The molecule has 9 nitrogen and oxygen atoms in total. The van der Waals surface area contributed by atoms with E-state index < -0.39 is 11.9 Å². The van der Waals surface area contributed by atoms with E-state index in [0.29, 0.717) is 23.6 Å². The number of aromatic nitrogens is 5. The van der Waals surface area contributed by atoms with Gasteiger partial charge in [-0.3, -0.25) is 14.5 Å². The summed E-state index contributed by atoms with van der Waals surface area (Å²) in [4.78, 5) is 24.7. The molecule has 12 heteroatoms. The van der Waals surface area contributed by atoms with Gasteiger partial charge in [-0.1, -0.05) is 0 Å².